The van der Waals surface area contributed by atoms with Crippen LogP contribution in [0.4, 0.5) is 0 Å². The number of esters is 1. The van der Waals surface area contributed by atoms with Gasteiger partial charge in [0.25, 0.3) is 0 Å². The topological polar surface area (TPSA) is 26.3 Å². The van der Waals surface area contributed by atoms with Crippen molar-refractivity contribution in [3.05, 3.63) is 96.1 Å². The van der Waals surface area contributed by atoms with E-state index in [1.165, 1.54) is 6.08 Å². The molecule has 2 heteroatoms. The molecule has 0 bridgehead atoms. The second-order valence-corrected chi connectivity index (χ2v) is 4.52. The summed E-state index contributed by atoms with van der Waals surface area (Å²) in [7, 11) is 0. The van der Waals surface area contributed by atoms with Crippen LogP contribution in [0, 0.1) is 0 Å². The second-order valence-electron chi connectivity index (χ2n) is 4.52. The Kier molecular flexibility index (Phi) is 5.53. The molecule has 2 nitrogen and oxygen atoms in total. The lowest BCUT2D eigenvalue weighted by Crippen LogP contribution is -2.10. The fourth-order valence-electron chi connectivity index (χ4n) is 1.98. The van der Waals surface area contributed by atoms with Gasteiger partial charge in [-0.25, -0.2) is 4.79 Å². The maximum atomic E-state index is 11.9. The van der Waals surface area contributed by atoms with Gasteiger partial charge in [-0.05, 0) is 18.1 Å². The van der Waals surface area contributed by atoms with Gasteiger partial charge in [0.2, 0.25) is 0 Å². The first-order valence-electron chi connectivity index (χ1n) is 6.91. The summed E-state index contributed by atoms with van der Waals surface area (Å²) in [5.74, 6) is -0.356. The van der Waals surface area contributed by atoms with Crippen LogP contribution in [-0.4, -0.2) is 5.97 Å². The van der Waals surface area contributed by atoms with E-state index in [-0.39, 0.29) is 5.97 Å². The Morgan fingerprint density at radius 2 is 1.43 bits per heavy atom. The van der Waals surface area contributed by atoms with E-state index in [0.29, 0.717) is 0 Å². The molecule has 0 saturated heterocycles. The standard InChI is InChI=1S/C19H18O2/c1-2-3-6-15-18(20)21-19(16-11-7-4-8-12-16)17-13-9-5-10-14-17/h2-15,19H,1H3/b3-2+,15-6+. The Morgan fingerprint density at radius 1 is 0.905 bits per heavy atom. The van der Waals surface area contributed by atoms with Crippen LogP contribution in [0.2, 0.25) is 0 Å². The van der Waals surface area contributed by atoms with E-state index in [1.807, 2.05) is 73.7 Å². The zero-order chi connectivity index (χ0) is 14.9. The summed E-state index contributed by atoms with van der Waals surface area (Å²) in [6.45, 7) is 1.90. The first-order valence-corrected chi connectivity index (χ1v) is 6.91. The van der Waals surface area contributed by atoms with E-state index < -0.39 is 6.10 Å². The van der Waals surface area contributed by atoms with Crippen molar-refractivity contribution in [2.24, 2.45) is 0 Å². The third-order valence-electron chi connectivity index (χ3n) is 2.97. The lowest BCUT2D eigenvalue weighted by Gasteiger charge is -2.17. The summed E-state index contributed by atoms with van der Waals surface area (Å²) in [6, 6.07) is 19.5. The van der Waals surface area contributed by atoms with Crippen LogP contribution in [0.15, 0.2) is 85.0 Å². The SMILES string of the molecule is C/C=C/C=C/C(=O)OC(c1ccccc1)c1ccccc1. The Balaban J connectivity index is 2.23. The van der Waals surface area contributed by atoms with Crippen molar-refractivity contribution >= 4 is 5.97 Å². The molecule has 0 aliphatic rings. The van der Waals surface area contributed by atoms with Crippen molar-refractivity contribution in [3.8, 4) is 0 Å². The highest BCUT2D eigenvalue weighted by Crippen LogP contribution is 2.25. The number of allylic oxidation sites excluding steroid dienone is 3. The number of ether oxygens (including phenoxy) is 1. The number of rotatable bonds is 5. The van der Waals surface area contributed by atoms with E-state index in [4.69, 9.17) is 4.74 Å². The van der Waals surface area contributed by atoms with Crippen LogP contribution < -0.4 is 0 Å². The monoisotopic (exact) mass is 278 g/mol. The summed E-state index contributed by atoms with van der Waals surface area (Å²) >= 11 is 0. The van der Waals surface area contributed by atoms with Crippen molar-refractivity contribution in [1.82, 2.24) is 0 Å². The van der Waals surface area contributed by atoms with Gasteiger partial charge >= 0.3 is 5.97 Å². The van der Waals surface area contributed by atoms with Crippen LogP contribution in [0.3, 0.4) is 0 Å². The highest BCUT2D eigenvalue weighted by molar-refractivity contribution is 5.82. The maximum absolute atomic E-state index is 11.9. The fourth-order valence-corrected chi connectivity index (χ4v) is 1.98. The minimum Gasteiger partial charge on any atom is -0.449 e. The molecule has 21 heavy (non-hydrogen) atoms. The Labute approximate surface area is 125 Å². The molecule has 0 saturated carbocycles. The highest BCUT2D eigenvalue weighted by atomic mass is 16.5. The highest BCUT2D eigenvalue weighted by Gasteiger charge is 2.17. The number of benzene rings is 2. The zero-order valence-corrected chi connectivity index (χ0v) is 12.0. The molecule has 2 rings (SSSR count). The Bertz CT molecular complexity index is 573. The average molecular weight is 278 g/mol. The minimum absolute atomic E-state index is 0.356. The fraction of sp³-hybridized carbons (Fsp3) is 0.105. The minimum atomic E-state index is -0.393. The molecule has 106 valence electrons. The van der Waals surface area contributed by atoms with Gasteiger partial charge in [-0.15, -0.1) is 0 Å². The smallest absolute Gasteiger partial charge is 0.331 e. The van der Waals surface area contributed by atoms with Gasteiger partial charge in [0.1, 0.15) is 0 Å². The molecule has 0 aromatic heterocycles. The predicted octanol–water partition coefficient (Wildman–Crippen LogP) is 4.45. The first kappa shape index (κ1) is 14.8. The third kappa shape index (κ3) is 4.46. The van der Waals surface area contributed by atoms with Crippen LogP contribution >= 0.6 is 0 Å². The first-order chi connectivity index (χ1) is 10.3. The third-order valence-corrected chi connectivity index (χ3v) is 2.97. The summed E-state index contributed by atoms with van der Waals surface area (Å²) in [5.41, 5.74) is 1.91. The average Bonchev–Trinajstić information content (AvgIpc) is 2.54. The van der Waals surface area contributed by atoms with E-state index >= 15 is 0 Å². The molecule has 0 fully saturated rings. The molecule has 0 unspecified atom stereocenters. The van der Waals surface area contributed by atoms with Crippen molar-refractivity contribution < 1.29 is 9.53 Å². The second kappa shape index (κ2) is 7.85. The largest absolute Gasteiger partial charge is 0.449 e. The van der Waals surface area contributed by atoms with Crippen LogP contribution in [0.1, 0.15) is 24.2 Å². The van der Waals surface area contributed by atoms with E-state index in [2.05, 4.69) is 0 Å². The van der Waals surface area contributed by atoms with Crippen LogP contribution in [0.25, 0.3) is 0 Å². The van der Waals surface area contributed by atoms with E-state index in [9.17, 15) is 4.79 Å². The molecule has 0 spiro atoms. The number of carbonyl (C=O) groups is 1. The molecule has 0 N–H and O–H groups in total. The summed E-state index contributed by atoms with van der Waals surface area (Å²) in [5, 5.41) is 0. The quantitative estimate of drug-likeness (QED) is 0.459. The van der Waals surface area contributed by atoms with Crippen molar-refractivity contribution in [2.75, 3.05) is 0 Å². The summed E-state index contributed by atoms with van der Waals surface area (Å²) < 4.78 is 5.61. The zero-order valence-electron chi connectivity index (χ0n) is 12.0. The van der Waals surface area contributed by atoms with Crippen molar-refractivity contribution in [1.29, 1.82) is 0 Å². The molecule has 2 aromatic rings. The van der Waals surface area contributed by atoms with E-state index in [1.54, 1.807) is 12.2 Å². The summed E-state index contributed by atoms with van der Waals surface area (Å²) in [6.07, 6.45) is 6.36. The molecular weight excluding hydrogens is 260 g/mol. The predicted molar refractivity (Wildman–Crippen MR) is 84.8 cm³/mol. The van der Waals surface area contributed by atoms with E-state index in [0.717, 1.165) is 11.1 Å². The molecule has 0 heterocycles. The molecule has 0 radical (unpaired) electrons. The lowest BCUT2D eigenvalue weighted by atomic mass is 10.0. The van der Waals surface area contributed by atoms with Gasteiger partial charge < -0.3 is 4.74 Å². The van der Waals surface area contributed by atoms with Crippen molar-refractivity contribution in [2.45, 2.75) is 13.0 Å². The van der Waals surface area contributed by atoms with Gasteiger partial charge in [0.05, 0.1) is 0 Å². The van der Waals surface area contributed by atoms with Gasteiger partial charge in [-0.2, -0.15) is 0 Å². The molecule has 2 aromatic carbocycles. The summed E-state index contributed by atoms with van der Waals surface area (Å²) in [4.78, 5) is 11.9. The number of hydrogen-bond acceptors (Lipinski definition) is 2. The molecule has 0 amide bonds. The Morgan fingerprint density at radius 3 is 1.90 bits per heavy atom. The maximum Gasteiger partial charge on any atom is 0.331 e. The van der Waals surface area contributed by atoms with Crippen LogP contribution in [-0.2, 0) is 9.53 Å². The number of hydrogen-bond donors (Lipinski definition) is 0. The molecule has 0 aliphatic heterocycles. The molecular formula is C19H18O2. The molecule has 0 aliphatic carbocycles. The molecule has 0 atom stereocenters. The van der Waals surface area contributed by atoms with Crippen LogP contribution in [0.5, 0.6) is 0 Å². The normalized spacial score (nSPS) is 11.3. The van der Waals surface area contributed by atoms with Gasteiger partial charge in [0, 0.05) is 6.08 Å². The van der Waals surface area contributed by atoms with Gasteiger partial charge in [-0.3, -0.25) is 0 Å². The number of carbonyl (C=O) groups excluding carboxylic acids is 1. The Hall–Kier alpha value is -2.61. The lowest BCUT2D eigenvalue weighted by molar-refractivity contribution is -0.141. The van der Waals surface area contributed by atoms with Gasteiger partial charge in [-0.1, -0.05) is 78.9 Å². The van der Waals surface area contributed by atoms with Gasteiger partial charge in [0.15, 0.2) is 6.10 Å². The van der Waals surface area contributed by atoms with Crippen molar-refractivity contribution in [3.63, 3.8) is 0 Å².